The zero-order chi connectivity index (χ0) is 12.8. The third kappa shape index (κ3) is 4.27. The van der Waals surface area contributed by atoms with Crippen LogP contribution in [0.15, 0.2) is 18.2 Å². The van der Waals surface area contributed by atoms with Gasteiger partial charge < -0.3 is 10.4 Å². The molecule has 1 amide bonds. The summed E-state index contributed by atoms with van der Waals surface area (Å²) in [5.74, 6) is -0.0594. The summed E-state index contributed by atoms with van der Waals surface area (Å²) >= 11 is 2.16. The minimum atomic E-state index is -0.328. The van der Waals surface area contributed by atoms with Crippen molar-refractivity contribution in [1.29, 1.82) is 0 Å². The van der Waals surface area contributed by atoms with Crippen LogP contribution in [0.1, 0.15) is 35.7 Å². The van der Waals surface area contributed by atoms with Crippen molar-refractivity contribution in [3.05, 3.63) is 32.9 Å². The van der Waals surface area contributed by atoms with Crippen LogP contribution in [-0.4, -0.2) is 23.7 Å². The summed E-state index contributed by atoms with van der Waals surface area (Å²) in [5, 5.41) is 12.2. The van der Waals surface area contributed by atoms with Crippen molar-refractivity contribution in [1.82, 2.24) is 5.32 Å². The molecule has 2 N–H and O–H groups in total. The van der Waals surface area contributed by atoms with E-state index in [1.807, 2.05) is 32.0 Å². The summed E-state index contributed by atoms with van der Waals surface area (Å²) in [6.45, 7) is 4.37. The van der Waals surface area contributed by atoms with Crippen LogP contribution in [0.25, 0.3) is 0 Å². The number of carbonyl (C=O) groups excluding carboxylic acids is 1. The summed E-state index contributed by atoms with van der Waals surface area (Å²) in [6, 6.07) is 5.79. The van der Waals surface area contributed by atoms with E-state index in [1.165, 1.54) is 0 Å². The molecule has 0 aliphatic heterocycles. The Kier molecular flexibility index (Phi) is 5.91. The summed E-state index contributed by atoms with van der Waals surface area (Å²) in [5.41, 5.74) is 1.71. The molecule has 0 saturated carbocycles. The van der Waals surface area contributed by atoms with E-state index in [-0.39, 0.29) is 12.0 Å². The van der Waals surface area contributed by atoms with Crippen molar-refractivity contribution in [2.45, 2.75) is 32.8 Å². The van der Waals surface area contributed by atoms with Gasteiger partial charge in [-0.05, 0) is 54.0 Å². The summed E-state index contributed by atoms with van der Waals surface area (Å²) < 4.78 is 0.955. The number of hydrogen-bond donors (Lipinski definition) is 2. The molecule has 1 atom stereocenters. The second kappa shape index (κ2) is 6.96. The van der Waals surface area contributed by atoms with Gasteiger partial charge in [0.05, 0.1) is 11.7 Å². The molecule has 4 heteroatoms. The van der Waals surface area contributed by atoms with Gasteiger partial charge >= 0.3 is 0 Å². The maximum Gasteiger partial charge on any atom is 0.252 e. The highest BCUT2D eigenvalue weighted by Gasteiger charge is 2.12. The maximum absolute atomic E-state index is 12.0. The topological polar surface area (TPSA) is 49.3 Å². The summed E-state index contributed by atoms with van der Waals surface area (Å²) in [6.07, 6.45) is 0.994. The largest absolute Gasteiger partial charge is 0.393 e. The fraction of sp³-hybridized carbons (Fsp3) is 0.462. The Morgan fingerprint density at radius 3 is 2.82 bits per heavy atom. The Labute approximate surface area is 116 Å². The highest BCUT2D eigenvalue weighted by Crippen LogP contribution is 2.16. The smallest absolute Gasteiger partial charge is 0.252 e. The highest BCUT2D eigenvalue weighted by molar-refractivity contribution is 14.1. The van der Waals surface area contributed by atoms with Crippen LogP contribution in [0.5, 0.6) is 0 Å². The van der Waals surface area contributed by atoms with Crippen molar-refractivity contribution >= 4 is 28.5 Å². The van der Waals surface area contributed by atoms with E-state index >= 15 is 0 Å². The number of aliphatic hydroxyl groups is 1. The van der Waals surface area contributed by atoms with Gasteiger partial charge in [-0.2, -0.15) is 0 Å². The number of halogens is 1. The molecule has 0 radical (unpaired) electrons. The molecule has 0 fully saturated rings. The lowest BCUT2D eigenvalue weighted by Gasteiger charge is -2.11. The van der Waals surface area contributed by atoms with Gasteiger partial charge in [0.1, 0.15) is 0 Å². The first-order valence-electron chi connectivity index (χ1n) is 5.77. The summed E-state index contributed by atoms with van der Waals surface area (Å²) in [7, 11) is 0. The Balaban J connectivity index is 2.59. The lowest BCUT2D eigenvalue weighted by molar-refractivity contribution is 0.0940. The monoisotopic (exact) mass is 347 g/mol. The van der Waals surface area contributed by atoms with Gasteiger partial charge in [-0.1, -0.05) is 19.1 Å². The fourth-order valence-corrected chi connectivity index (χ4v) is 2.44. The van der Waals surface area contributed by atoms with Crippen molar-refractivity contribution in [3.63, 3.8) is 0 Å². The predicted molar refractivity (Wildman–Crippen MR) is 77.1 cm³/mol. The molecule has 0 heterocycles. The van der Waals surface area contributed by atoms with Crippen LogP contribution >= 0.6 is 22.6 Å². The van der Waals surface area contributed by atoms with Gasteiger partial charge in [0.25, 0.3) is 5.91 Å². The highest BCUT2D eigenvalue weighted by atomic mass is 127. The minimum Gasteiger partial charge on any atom is -0.393 e. The first-order valence-corrected chi connectivity index (χ1v) is 6.85. The molecule has 17 heavy (non-hydrogen) atoms. The van der Waals surface area contributed by atoms with Gasteiger partial charge in [-0.3, -0.25) is 4.79 Å². The molecule has 0 bridgehead atoms. The van der Waals surface area contributed by atoms with Gasteiger partial charge in [-0.15, -0.1) is 0 Å². The molecule has 0 saturated heterocycles. The average Bonchev–Trinajstić information content (AvgIpc) is 2.28. The van der Waals surface area contributed by atoms with Crippen LogP contribution in [0.2, 0.25) is 0 Å². The standard InChI is InChI=1S/C13H18INO2/c1-3-10(16)7-8-15-13(17)12-9(2)5-4-6-11(12)14/h4-6,10,16H,3,7-8H2,1-2H3,(H,15,17). The quantitative estimate of drug-likeness (QED) is 0.804. The molecule has 1 rings (SSSR count). The number of benzene rings is 1. The fourth-order valence-electron chi connectivity index (χ4n) is 1.56. The van der Waals surface area contributed by atoms with Crippen LogP contribution in [0, 0.1) is 10.5 Å². The zero-order valence-corrected chi connectivity index (χ0v) is 12.3. The second-order valence-electron chi connectivity index (χ2n) is 4.04. The molecular weight excluding hydrogens is 329 g/mol. The van der Waals surface area contributed by atoms with Crippen LogP contribution in [0.3, 0.4) is 0 Å². The average molecular weight is 347 g/mol. The summed E-state index contributed by atoms with van der Waals surface area (Å²) in [4.78, 5) is 12.0. The predicted octanol–water partition coefficient (Wildman–Crippen LogP) is 2.49. The SMILES string of the molecule is CCC(O)CCNC(=O)c1c(C)cccc1I. The van der Waals surface area contributed by atoms with E-state index in [1.54, 1.807) is 0 Å². The van der Waals surface area contributed by atoms with Crippen LogP contribution < -0.4 is 5.32 Å². The molecule has 1 unspecified atom stereocenters. The molecule has 1 aromatic rings. The Morgan fingerprint density at radius 2 is 2.24 bits per heavy atom. The molecular formula is C13H18INO2. The normalized spacial score (nSPS) is 12.2. The van der Waals surface area contributed by atoms with E-state index in [2.05, 4.69) is 27.9 Å². The first kappa shape index (κ1) is 14.4. The third-order valence-corrected chi connectivity index (χ3v) is 3.58. The lowest BCUT2D eigenvalue weighted by atomic mass is 10.1. The molecule has 94 valence electrons. The zero-order valence-electron chi connectivity index (χ0n) is 10.2. The maximum atomic E-state index is 12.0. The van der Waals surface area contributed by atoms with Crippen molar-refractivity contribution in [2.24, 2.45) is 0 Å². The lowest BCUT2D eigenvalue weighted by Crippen LogP contribution is -2.28. The molecule has 0 aliphatic rings. The van der Waals surface area contributed by atoms with Gasteiger partial charge in [0.2, 0.25) is 0 Å². The molecule has 0 spiro atoms. The van der Waals surface area contributed by atoms with Crippen molar-refractivity contribution in [2.75, 3.05) is 6.54 Å². The number of hydrogen-bond acceptors (Lipinski definition) is 2. The second-order valence-corrected chi connectivity index (χ2v) is 5.20. The molecule has 0 aliphatic carbocycles. The number of aliphatic hydroxyl groups excluding tert-OH is 1. The number of nitrogens with one attached hydrogen (secondary N) is 1. The Hall–Kier alpha value is -0.620. The van der Waals surface area contributed by atoms with Gasteiger partial charge in [-0.25, -0.2) is 0 Å². The van der Waals surface area contributed by atoms with Gasteiger partial charge in [0, 0.05) is 10.1 Å². The third-order valence-electron chi connectivity index (χ3n) is 2.68. The molecule has 3 nitrogen and oxygen atoms in total. The van der Waals surface area contributed by atoms with Crippen LogP contribution in [0.4, 0.5) is 0 Å². The Morgan fingerprint density at radius 1 is 1.53 bits per heavy atom. The van der Waals surface area contributed by atoms with E-state index in [0.717, 1.165) is 21.1 Å². The molecule has 1 aromatic carbocycles. The van der Waals surface area contributed by atoms with E-state index in [0.29, 0.717) is 13.0 Å². The number of rotatable bonds is 5. The number of aryl methyl sites for hydroxylation is 1. The first-order chi connectivity index (χ1) is 8.06. The van der Waals surface area contributed by atoms with E-state index in [4.69, 9.17) is 0 Å². The van der Waals surface area contributed by atoms with Crippen molar-refractivity contribution in [3.8, 4) is 0 Å². The number of amides is 1. The Bertz CT molecular complexity index is 373. The minimum absolute atomic E-state index is 0.0594. The van der Waals surface area contributed by atoms with E-state index in [9.17, 15) is 9.90 Å². The molecule has 0 aromatic heterocycles. The number of carbonyl (C=O) groups is 1. The van der Waals surface area contributed by atoms with E-state index < -0.39 is 0 Å². The van der Waals surface area contributed by atoms with Crippen LogP contribution in [-0.2, 0) is 0 Å². The van der Waals surface area contributed by atoms with Crippen molar-refractivity contribution < 1.29 is 9.90 Å². The van der Waals surface area contributed by atoms with Gasteiger partial charge in [0.15, 0.2) is 0 Å².